The zero-order chi connectivity index (χ0) is 13.7. The lowest BCUT2D eigenvalue weighted by Crippen LogP contribution is -2.34. The molecule has 1 aromatic heterocycles. The van der Waals surface area contributed by atoms with Gasteiger partial charge in [-0.3, -0.25) is 4.79 Å². The third kappa shape index (κ3) is 3.82. The van der Waals surface area contributed by atoms with Crippen molar-refractivity contribution >= 4 is 5.97 Å². The summed E-state index contributed by atoms with van der Waals surface area (Å²) in [6.45, 7) is 4.77. The fourth-order valence-corrected chi connectivity index (χ4v) is 2.85. The molecule has 0 saturated heterocycles. The minimum absolute atomic E-state index is 0.0401. The molecule has 0 N–H and O–H groups in total. The molecule has 19 heavy (non-hydrogen) atoms. The monoisotopic (exact) mass is 265 g/mol. The van der Waals surface area contributed by atoms with Crippen LogP contribution in [0.4, 0.5) is 0 Å². The van der Waals surface area contributed by atoms with E-state index in [0.717, 1.165) is 25.8 Å². The highest BCUT2D eigenvalue weighted by atomic mass is 16.5. The van der Waals surface area contributed by atoms with E-state index in [2.05, 4.69) is 34.8 Å². The second-order valence-electron chi connectivity index (χ2n) is 5.45. The second kappa shape index (κ2) is 6.73. The van der Waals surface area contributed by atoms with Gasteiger partial charge in [0, 0.05) is 6.92 Å². The van der Waals surface area contributed by atoms with Gasteiger partial charge in [0.2, 0.25) is 6.33 Å². The maximum Gasteiger partial charge on any atom is 0.303 e. The van der Waals surface area contributed by atoms with Gasteiger partial charge in [-0.15, -0.1) is 0 Å². The first-order chi connectivity index (χ1) is 9.20. The van der Waals surface area contributed by atoms with Gasteiger partial charge in [0.1, 0.15) is 24.5 Å². The van der Waals surface area contributed by atoms with Gasteiger partial charge < -0.3 is 4.74 Å². The molecule has 0 bridgehead atoms. The summed E-state index contributed by atoms with van der Waals surface area (Å²) in [5.74, 6) is -0.164. The Morgan fingerprint density at radius 1 is 1.42 bits per heavy atom. The van der Waals surface area contributed by atoms with Crippen LogP contribution in [-0.4, -0.2) is 16.6 Å². The van der Waals surface area contributed by atoms with Crippen molar-refractivity contribution in [3.05, 3.63) is 18.7 Å². The third-order valence-electron chi connectivity index (χ3n) is 3.85. The Kier molecular flexibility index (Phi) is 5.00. The molecule has 106 valence electrons. The largest absolute Gasteiger partial charge is 0.458 e. The van der Waals surface area contributed by atoms with Crippen LogP contribution in [0.5, 0.6) is 0 Å². The first-order valence-electron chi connectivity index (χ1n) is 7.44. The van der Waals surface area contributed by atoms with Crippen molar-refractivity contribution < 1.29 is 14.1 Å². The van der Waals surface area contributed by atoms with E-state index in [1.807, 2.05) is 0 Å². The molecule has 1 heterocycles. The quantitative estimate of drug-likeness (QED) is 0.606. The maximum atomic E-state index is 11.2. The predicted molar refractivity (Wildman–Crippen MR) is 72.6 cm³/mol. The van der Waals surface area contributed by atoms with Crippen molar-refractivity contribution in [1.29, 1.82) is 0 Å². The number of carbonyl (C=O) groups is 1. The molecule has 1 aromatic rings. The van der Waals surface area contributed by atoms with Crippen molar-refractivity contribution in [2.24, 2.45) is 0 Å². The summed E-state index contributed by atoms with van der Waals surface area (Å²) >= 11 is 0. The van der Waals surface area contributed by atoms with Gasteiger partial charge in [-0.05, 0) is 32.1 Å². The summed E-state index contributed by atoms with van der Waals surface area (Å²) < 4.78 is 9.93. The van der Waals surface area contributed by atoms with Crippen LogP contribution in [0, 0.1) is 0 Å². The van der Waals surface area contributed by atoms with Gasteiger partial charge in [-0.2, -0.15) is 0 Å². The van der Waals surface area contributed by atoms with Crippen LogP contribution in [0.15, 0.2) is 18.7 Å². The fourth-order valence-electron chi connectivity index (χ4n) is 2.85. The third-order valence-corrected chi connectivity index (χ3v) is 3.85. The Morgan fingerprint density at radius 2 is 2.21 bits per heavy atom. The standard InChI is InChI=1S/C15H25N2O2/c1-3-4-9-16-10-11-17(12-16)14-7-5-6-8-15(14)19-13(2)18/h10-12,14-15H,3-9H2,1-2H3/q+1/t14-,15-/m1/s1. The number of nitrogens with zero attached hydrogens (tertiary/aromatic N) is 2. The number of ether oxygens (including phenoxy) is 1. The van der Waals surface area contributed by atoms with E-state index in [0.29, 0.717) is 6.04 Å². The summed E-state index contributed by atoms with van der Waals surface area (Å²) in [6, 6.07) is 0.306. The summed E-state index contributed by atoms with van der Waals surface area (Å²) in [6.07, 6.45) is 13.3. The number of rotatable bonds is 5. The van der Waals surface area contributed by atoms with Crippen molar-refractivity contribution in [2.75, 3.05) is 0 Å². The van der Waals surface area contributed by atoms with Gasteiger partial charge in [0.15, 0.2) is 0 Å². The number of esters is 1. The molecule has 0 aromatic carbocycles. The maximum absolute atomic E-state index is 11.2. The van der Waals surface area contributed by atoms with Crippen molar-refractivity contribution in [2.45, 2.75) is 71.1 Å². The molecule has 1 fully saturated rings. The lowest BCUT2D eigenvalue weighted by molar-refractivity contribution is -0.697. The lowest BCUT2D eigenvalue weighted by Gasteiger charge is -2.28. The van der Waals surface area contributed by atoms with Gasteiger partial charge in [-0.1, -0.05) is 13.3 Å². The molecular formula is C15H25N2O2+. The van der Waals surface area contributed by atoms with Crippen molar-refractivity contribution in [3.8, 4) is 0 Å². The zero-order valence-electron chi connectivity index (χ0n) is 12.0. The highest BCUT2D eigenvalue weighted by molar-refractivity contribution is 5.66. The summed E-state index contributed by atoms with van der Waals surface area (Å²) in [5, 5.41) is 0. The molecule has 1 aliphatic rings. The molecule has 4 heteroatoms. The summed E-state index contributed by atoms with van der Waals surface area (Å²) in [5.41, 5.74) is 0. The number of aromatic nitrogens is 2. The zero-order valence-corrected chi connectivity index (χ0v) is 12.0. The molecule has 0 amide bonds. The second-order valence-corrected chi connectivity index (χ2v) is 5.45. The molecule has 0 spiro atoms. The SMILES string of the molecule is CCCC[n+]1ccn([C@@H]2CCCC[C@H]2OC(C)=O)c1. The molecule has 0 radical (unpaired) electrons. The molecule has 1 saturated carbocycles. The average molecular weight is 265 g/mol. The van der Waals surface area contributed by atoms with Crippen LogP contribution in [0.3, 0.4) is 0 Å². The molecular weight excluding hydrogens is 240 g/mol. The van der Waals surface area contributed by atoms with E-state index in [-0.39, 0.29) is 12.1 Å². The first kappa shape index (κ1) is 14.1. The van der Waals surface area contributed by atoms with Crippen LogP contribution in [-0.2, 0) is 16.1 Å². The number of unbranched alkanes of at least 4 members (excludes halogenated alkanes) is 1. The molecule has 4 nitrogen and oxygen atoms in total. The Labute approximate surface area is 115 Å². The van der Waals surface area contributed by atoms with E-state index in [1.165, 1.54) is 26.2 Å². The normalized spacial score (nSPS) is 23.3. The van der Waals surface area contributed by atoms with E-state index < -0.39 is 0 Å². The van der Waals surface area contributed by atoms with Crippen LogP contribution < -0.4 is 4.57 Å². The number of carbonyl (C=O) groups excluding carboxylic acids is 1. The van der Waals surface area contributed by atoms with Crippen LogP contribution in [0.25, 0.3) is 0 Å². The molecule has 2 rings (SSSR count). The molecule has 1 aliphatic carbocycles. The Balaban J connectivity index is 2.04. The van der Waals surface area contributed by atoms with Crippen LogP contribution in [0.2, 0.25) is 0 Å². The van der Waals surface area contributed by atoms with Crippen LogP contribution >= 0.6 is 0 Å². The van der Waals surface area contributed by atoms with Gasteiger partial charge in [0.05, 0.1) is 6.54 Å². The van der Waals surface area contributed by atoms with E-state index in [4.69, 9.17) is 4.74 Å². The van der Waals surface area contributed by atoms with E-state index in [9.17, 15) is 4.79 Å². The van der Waals surface area contributed by atoms with Crippen LogP contribution in [0.1, 0.15) is 58.4 Å². The topological polar surface area (TPSA) is 35.1 Å². The highest BCUT2D eigenvalue weighted by Gasteiger charge is 2.32. The predicted octanol–water partition coefficient (Wildman–Crippen LogP) is 2.62. The Hall–Kier alpha value is -1.32. The number of aryl methyl sites for hydroxylation is 1. The van der Waals surface area contributed by atoms with Crippen molar-refractivity contribution in [3.63, 3.8) is 0 Å². The number of imidazole rings is 1. The first-order valence-corrected chi connectivity index (χ1v) is 7.44. The summed E-state index contributed by atoms with van der Waals surface area (Å²) in [7, 11) is 0. The molecule has 0 unspecified atom stereocenters. The summed E-state index contributed by atoms with van der Waals surface area (Å²) in [4.78, 5) is 11.2. The van der Waals surface area contributed by atoms with E-state index >= 15 is 0 Å². The smallest absolute Gasteiger partial charge is 0.303 e. The highest BCUT2D eigenvalue weighted by Crippen LogP contribution is 2.30. The van der Waals surface area contributed by atoms with Gasteiger partial charge in [0.25, 0.3) is 0 Å². The fraction of sp³-hybridized carbons (Fsp3) is 0.733. The van der Waals surface area contributed by atoms with Crippen molar-refractivity contribution in [1.82, 2.24) is 4.57 Å². The number of hydrogen-bond acceptors (Lipinski definition) is 2. The van der Waals surface area contributed by atoms with Gasteiger partial charge >= 0.3 is 5.97 Å². The molecule has 0 aliphatic heterocycles. The minimum atomic E-state index is -0.164. The average Bonchev–Trinajstić information content (AvgIpc) is 2.85. The van der Waals surface area contributed by atoms with Gasteiger partial charge in [-0.25, -0.2) is 9.13 Å². The Bertz CT molecular complexity index is 414. The Morgan fingerprint density at radius 3 is 2.95 bits per heavy atom. The lowest BCUT2D eigenvalue weighted by atomic mass is 9.92. The molecule has 2 atom stereocenters. The minimum Gasteiger partial charge on any atom is -0.458 e. The van der Waals surface area contributed by atoms with E-state index in [1.54, 1.807) is 0 Å². The number of hydrogen-bond donors (Lipinski definition) is 0.